The molecule has 1 aliphatic heterocycles. The molecule has 0 spiro atoms. The first-order valence-corrected chi connectivity index (χ1v) is 23.5. The second-order valence-corrected chi connectivity index (χ2v) is 17.1. The molecule has 1 fully saturated rings. The van der Waals surface area contributed by atoms with E-state index in [2.05, 4.69) is 98.9 Å². The predicted octanol–water partition coefficient (Wildman–Crippen LogP) is 10.9. The molecule has 11 heteroatoms. The number of phosphoric ester groups is 1. The summed E-state index contributed by atoms with van der Waals surface area (Å²) in [5.41, 5.74) is 0. The summed E-state index contributed by atoms with van der Waals surface area (Å²) in [4.78, 5) is 37.5. The lowest BCUT2D eigenvalue weighted by atomic mass is 10.1. The zero-order valence-electron chi connectivity index (χ0n) is 37.1. The summed E-state index contributed by atoms with van der Waals surface area (Å²) in [6, 6.07) is 0. The van der Waals surface area contributed by atoms with Crippen LogP contribution < -0.4 is 4.89 Å². The zero-order chi connectivity index (χ0) is 43.3. The van der Waals surface area contributed by atoms with E-state index in [4.69, 9.17) is 23.3 Å². The van der Waals surface area contributed by atoms with E-state index < -0.39 is 32.5 Å². The van der Waals surface area contributed by atoms with Crippen LogP contribution in [0.15, 0.2) is 97.2 Å². The molecule has 0 aromatic carbocycles. The van der Waals surface area contributed by atoms with Gasteiger partial charge in [0.1, 0.15) is 19.8 Å². The van der Waals surface area contributed by atoms with E-state index in [-0.39, 0.29) is 26.1 Å². The lowest BCUT2D eigenvalue weighted by Gasteiger charge is -2.28. The van der Waals surface area contributed by atoms with Gasteiger partial charge in [0.05, 0.1) is 40.0 Å². The van der Waals surface area contributed by atoms with Gasteiger partial charge in [0.15, 0.2) is 6.10 Å². The van der Waals surface area contributed by atoms with E-state index in [1.807, 2.05) is 33.3 Å². The van der Waals surface area contributed by atoms with E-state index in [1.54, 1.807) is 0 Å². The van der Waals surface area contributed by atoms with Crippen LogP contribution in [-0.4, -0.2) is 82.2 Å². The molecule has 0 aromatic heterocycles. The molecule has 1 saturated heterocycles. The molecule has 4 atom stereocenters. The number of phosphoric acid groups is 1. The summed E-state index contributed by atoms with van der Waals surface area (Å²) in [5, 5.41) is 0. The number of carbonyl (C=O) groups is 2. The molecule has 0 aliphatic carbocycles. The third-order valence-corrected chi connectivity index (χ3v) is 9.97. The van der Waals surface area contributed by atoms with Crippen LogP contribution in [0, 0.1) is 0 Å². The number of quaternary nitrogens is 1. The number of carbonyl (C=O) groups excluding carboxylic acids is 2. The maximum absolute atomic E-state index is 12.7. The highest BCUT2D eigenvalue weighted by Crippen LogP contribution is 2.38. The Morgan fingerprint density at radius 3 is 1.68 bits per heavy atom. The average Bonchev–Trinajstić information content (AvgIpc) is 3.94. The Morgan fingerprint density at radius 1 is 0.627 bits per heavy atom. The monoisotopic (exact) mass is 844 g/mol. The largest absolute Gasteiger partial charge is 0.756 e. The van der Waals surface area contributed by atoms with Gasteiger partial charge in [0, 0.05) is 12.8 Å². The van der Waals surface area contributed by atoms with E-state index in [1.165, 1.54) is 19.3 Å². The molecule has 0 amide bonds. The molecule has 0 radical (unpaired) electrons. The predicted molar refractivity (Wildman–Crippen MR) is 239 cm³/mol. The molecule has 334 valence electrons. The minimum absolute atomic E-state index is 0.0569. The highest BCUT2D eigenvalue weighted by Gasteiger charge is 2.36. The number of hydrogen-bond donors (Lipinski definition) is 0. The minimum Gasteiger partial charge on any atom is -0.756 e. The van der Waals surface area contributed by atoms with Crippen molar-refractivity contribution in [3.8, 4) is 0 Å². The van der Waals surface area contributed by atoms with Crippen LogP contribution in [0.3, 0.4) is 0 Å². The van der Waals surface area contributed by atoms with Gasteiger partial charge in [-0.1, -0.05) is 124 Å². The van der Waals surface area contributed by atoms with E-state index in [9.17, 15) is 19.0 Å². The first kappa shape index (κ1) is 53.9. The fourth-order valence-corrected chi connectivity index (χ4v) is 6.16. The molecule has 3 unspecified atom stereocenters. The van der Waals surface area contributed by atoms with E-state index >= 15 is 0 Å². The summed E-state index contributed by atoms with van der Waals surface area (Å²) in [6.45, 7) is 3.91. The molecule has 0 aromatic rings. The van der Waals surface area contributed by atoms with Gasteiger partial charge >= 0.3 is 11.9 Å². The Hall–Kier alpha value is -3.11. The number of rotatable bonds is 37. The summed E-state index contributed by atoms with van der Waals surface area (Å²) in [6.07, 6.45) is 49.2. The van der Waals surface area contributed by atoms with Crippen LogP contribution in [-0.2, 0) is 37.4 Å². The summed E-state index contributed by atoms with van der Waals surface area (Å²) < 4.78 is 39.4. The Morgan fingerprint density at radius 2 is 1.14 bits per heavy atom. The molecule has 0 bridgehead atoms. The lowest BCUT2D eigenvalue weighted by Crippen LogP contribution is -2.37. The zero-order valence-corrected chi connectivity index (χ0v) is 38.0. The standard InChI is InChI=1S/C48H78NO9P/c1-6-8-10-11-12-13-14-15-16-17-22-25-28-31-35-39-48(51)57-44(43-56-59(52,53)55-41-40-49(3,4)5)42-54-47(50)38-34-30-27-24-21-19-18-20-23-26-29-33-37-46-45(58-46)36-32-9-7-2/h9,12-13,15-16,19-23,25,27,29-30,32-33,44-46H,6-8,10-11,14,17-18,24,26,28,31,34-43H2,1-5H3/b13-12-,16-15-,21-19-,23-20-,25-22-,30-27-,32-9-,33-29-/t44-,45?,46?/m1/s1. The Bertz CT molecular complexity index is 1390. The Kier molecular flexibility index (Phi) is 32.6. The van der Waals surface area contributed by atoms with Crippen molar-refractivity contribution in [2.75, 3.05) is 47.5 Å². The smallest absolute Gasteiger partial charge is 0.306 e. The lowest BCUT2D eigenvalue weighted by molar-refractivity contribution is -0.870. The molecular weight excluding hydrogens is 765 g/mol. The fraction of sp³-hybridized carbons (Fsp3) is 0.625. The van der Waals surface area contributed by atoms with Crippen molar-refractivity contribution < 1.29 is 46.8 Å². The number of allylic oxidation sites excluding steroid dienone is 14. The van der Waals surface area contributed by atoms with Crippen LogP contribution in [0.4, 0.5) is 0 Å². The average molecular weight is 844 g/mol. The summed E-state index contributed by atoms with van der Waals surface area (Å²) in [7, 11) is 1.08. The first-order chi connectivity index (χ1) is 28.5. The van der Waals surface area contributed by atoms with Gasteiger partial charge in [-0.15, -0.1) is 0 Å². The topological polar surface area (TPSA) is 124 Å². The number of epoxide rings is 1. The van der Waals surface area contributed by atoms with Gasteiger partial charge in [-0.05, 0) is 89.9 Å². The van der Waals surface area contributed by atoms with Crippen LogP contribution in [0.25, 0.3) is 0 Å². The highest BCUT2D eigenvalue weighted by atomic mass is 31.2. The fourth-order valence-electron chi connectivity index (χ4n) is 5.43. The first-order valence-electron chi connectivity index (χ1n) is 22.1. The SMILES string of the molecule is CC/C=C\CC1OC1C/C=C\C/C=C\C/C=C\C/C=C\CCC(=O)OC[C@H](COP(=O)([O-])OCC[N+](C)(C)C)OC(=O)CCCC/C=C\C/C=C\C/C=C\CCCCC. The quantitative estimate of drug-likeness (QED) is 0.0150. The van der Waals surface area contributed by atoms with E-state index in [0.717, 1.165) is 70.6 Å². The van der Waals surface area contributed by atoms with Gasteiger partial charge in [0.2, 0.25) is 0 Å². The molecule has 0 saturated carbocycles. The summed E-state index contributed by atoms with van der Waals surface area (Å²) >= 11 is 0. The number of nitrogens with zero attached hydrogens (tertiary/aromatic N) is 1. The number of unbranched alkanes of at least 4 members (excludes halogenated alkanes) is 5. The van der Waals surface area contributed by atoms with Gasteiger partial charge in [-0.2, -0.15) is 0 Å². The number of hydrogen-bond acceptors (Lipinski definition) is 9. The van der Waals surface area contributed by atoms with E-state index in [0.29, 0.717) is 36.1 Å². The van der Waals surface area contributed by atoms with Crippen LogP contribution in [0.5, 0.6) is 0 Å². The van der Waals surface area contributed by atoms with Crippen molar-refractivity contribution >= 4 is 19.8 Å². The van der Waals surface area contributed by atoms with Crippen LogP contribution >= 0.6 is 7.82 Å². The van der Waals surface area contributed by atoms with Crippen molar-refractivity contribution in [2.24, 2.45) is 0 Å². The van der Waals surface area contributed by atoms with Gasteiger partial charge in [0.25, 0.3) is 7.82 Å². The molecule has 1 aliphatic rings. The second-order valence-electron chi connectivity index (χ2n) is 15.7. The van der Waals surface area contributed by atoms with Crippen LogP contribution in [0.2, 0.25) is 0 Å². The van der Waals surface area contributed by atoms with Crippen molar-refractivity contribution in [2.45, 2.75) is 148 Å². The van der Waals surface area contributed by atoms with Gasteiger partial charge in [-0.25, -0.2) is 0 Å². The number of esters is 2. The molecule has 1 heterocycles. The Balaban J connectivity index is 2.36. The third kappa shape index (κ3) is 36.5. The molecule has 59 heavy (non-hydrogen) atoms. The highest BCUT2D eigenvalue weighted by molar-refractivity contribution is 7.45. The number of ether oxygens (including phenoxy) is 3. The molecular formula is C48H78NO9P. The number of likely N-dealkylation sites (N-methyl/N-ethyl adjacent to an activating group) is 1. The second kappa shape index (κ2) is 35.6. The van der Waals surface area contributed by atoms with Crippen molar-refractivity contribution in [3.63, 3.8) is 0 Å². The Labute approximate surface area is 358 Å². The summed E-state index contributed by atoms with van der Waals surface area (Å²) in [5.74, 6) is -0.993. The van der Waals surface area contributed by atoms with Gasteiger partial charge in [-0.3, -0.25) is 14.2 Å². The molecule has 0 N–H and O–H groups in total. The van der Waals surface area contributed by atoms with Crippen molar-refractivity contribution in [3.05, 3.63) is 97.2 Å². The maximum Gasteiger partial charge on any atom is 0.306 e. The normalized spacial score (nSPS) is 17.9. The van der Waals surface area contributed by atoms with Crippen LogP contribution in [0.1, 0.15) is 129 Å². The molecule has 1 rings (SSSR count). The molecule has 10 nitrogen and oxygen atoms in total. The minimum atomic E-state index is -4.66. The third-order valence-electron chi connectivity index (χ3n) is 9.00. The van der Waals surface area contributed by atoms with Crippen molar-refractivity contribution in [1.82, 2.24) is 0 Å². The van der Waals surface area contributed by atoms with Crippen molar-refractivity contribution in [1.29, 1.82) is 0 Å². The van der Waals surface area contributed by atoms with Gasteiger partial charge < -0.3 is 32.6 Å². The maximum atomic E-state index is 12.7.